The minimum Gasteiger partial charge on any atom is -0.481 e. The van der Waals surface area contributed by atoms with Gasteiger partial charge in [-0.1, -0.05) is 0 Å². The Morgan fingerprint density at radius 3 is 2.81 bits per heavy atom. The van der Waals surface area contributed by atoms with Crippen molar-refractivity contribution in [1.82, 2.24) is 14.9 Å². The maximum absolute atomic E-state index is 11.3. The highest BCUT2D eigenvalue weighted by Gasteiger charge is 2.05. The molecule has 1 rings (SSSR count). The predicted octanol–water partition coefficient (Wildman–Crippen LogP) is 0.291. The smallest absolute Gasteiger partial charge is 0.303 e. The molecular formula is C10H15N3O3. The van der Waals surface area contributed by atoms with Crippen LogP contribution in [0.15, 0.2) is 12.4 Å². The molecule has 1 heterocycles. The van der Waals surface area contributed by atoms with Crippen molar-refractivity contribution in [2.45, 2.75) is 25.8 Å². The first-order valence-electron chi connectivity index (χ1n) is 5.04. The van der Waals surface area contributed by atoms with Crippen LogP contribution in [0.4, 0.5) is 0 Å². The minimum atomic E-state index is -0.878. The van der Waals surface area contributed by atoms with Crippen molar-refractivity contribution in [3.8, 4) is 0 Å². The number of rotatable bonds is 6. The average Bonchev–Trinajstić information content (AvgIpc) is 2.60. The Hall–Kier alpha value is -1.85. The van der Waals surface area contributed by atoms with E-state index in [2.05, 4.69) is 10.3 Å². The highest BCUT2D eigenvalue weighted by Crippen LogP contribution is 1.97. The van der Waals surface area contributed by atoms with E-state index in [-0.39, 0.29) is 18.7 Å². The number of hydrogen-bond donors (Lipinski definition) is 2. The van der Waals surface area contributed by atoms with Crippen LogP contribution in [0.2, 0.25) is 0 Å². The van der Waals surface area contributed by atoms with Gasteiger partial charge in [-0.15, -0.1) is 0 Å². The van der Waals surface area contributed by atoms with Gasteiger partial charge >= 0.3 is 5.97 Å². The summed E-state index contributed by atoms with van der Waals surface area (Å²) in [5.41, 5.74) is 0. The zero-order chi connectivity index (χ0) is 12.0. The molecule has 6 nitrogen and oxygen atoms in total. The molecule has 0 saturated carbocycles. The van der Waals surface area contributed by atoms with Gasteiger partial charge in [-0.3, -0.25) is 9.59 Å². The summed E-state index contributed by atoms with van der Waals surface area (Å²) in [6, 6.07) is 0. The van der Waals surface area contributed by atoms with Crippen molar-refractivity contribution < 1.29 is 14.7 Å². The molecule has 0 saturated heterocycles. The van der Waals surface area contributed by atoms with Gasteiger partial charge in [0.15, 0.2) is 0 Å². The molecule has 1 aromatic heterocycles. The van der Waals surface area contributed by atoms with E-state index in [0.717, 1.165) is 5.82 Å². The number of aromatic nitrogens is 2. The molecular weight excluding hydrogens is 210 g/mol. The van der Waals surface area contributed by atoms with Crippen LogP contribution >= 0.6 is 0 Å². The van der Waals surface area contributed by atoms with Crippen LogP contribution in [0.1, 0.15) is 25.1 Å². The number of nitrogens with one attached hydrogen (secondary N) is 1. The summed E-state index contributed by atoms with van der Waals surface area (Å²) in [5, 5.41) is 11.1. The summed E-state index contributed by atoms with van der Waals surface area (Å²) < 4.78 is 1.82. The first kappa shape index (κ1) is 12.2. The number of amides is 1. The van der Waals surface area contributed by atoms with E-state index < -0.39 is 5.97 Å². The summed E-state index contributed by atoms with van der Waals surface area (Å²) in [6.07, 6.45) is 4.08. The number of carbonyl (C=O) groups is 2. The van der Waals surface area contributed by atoms with Gasteiger partial charge in [-0.05, 0) is 6.42 Å². The molecule has 0 bridgehead atoms. The second kappa shape index (κ2) is 5.89. The third-order valence-electron chi connectivity index (χ3n) is 2.16. The number of aryl methyl sites for hydroxylation is 1. The van der Waals surface area contributed by atoms with E-state index in [1.54, 1.807) is 12.4 Å². The van der Waals surface area contributed by atoms with Crippen LogP contribution in [0.5, 0.6) is 0 Å². The van der Waals surface area contributed by atoms with E-state index in [1.165, 1.54) is 0 Å². The molecule has 0 aliphatic rings. The topological polar surface area (TPSA) is 84.2 Å². The van der Waals surface area contributed by atoms with Crippen molar-refractivity contribution in [3.63, 3.8) is 0 Å². The lowest BCUT2D eigenvalue weighted by molar-refractivity contribution is -0.137. The Bertz CT molecular complexity index is 373. The maximum Gasteiger partial charge on any atom is 0.303 e. The number of nitrogens with zero attached hydrogens (tertiary/aromatic N) is 2. The van der Waals surface area contributed by atoms with Gasteiger partial charge in [0.2, 0.25) is 5.91 Å². The number of imidazole rings is 1. The zero-order valence-electron chi connectivity index (χ0n) is 9.14. The van der Waals surface area contributed by atoms with E-state index in [1.807, 2.05) is 11.6 Å². The highest BCUT2D eigenvalue weighted by molar-refractivity contribution is 5.76. The summed E-state index contributed by atoms with van der Waals surface area (Å²) >= 11 is 0. The van der Waals surface area contributed by atoms with E-state index in [9.17, 15) is 9.59 Å². The molecule has 1 aromatic rings. The Morgan fingerprint density at radius 2 is 2.25 bits per heavy atom. The Morgan fingerprint density at radius 1 is 1.50 bits per heavy atom. The predicted molar refractivity (Wildman–Crippen MR) is 56.5 cm³/mol. The number of carbonyl (C=O) groups excluding carboxylic acids is 1. The van der Waals surface area contributed by atoms with E-state index >= 15 is 0 Å². The van der Waals surface area contributed by atoms with Crippen LogP contribution in [-0.4, -0.2) is 26.5 Å². The van der Waals surface area contributed by atoms with Crippen LogP contribution in [0.25, 0.3) is 0 Å². The van der Waals surface area contributed by atoms with Crippen molar-refractivity contribution >= 4 is 11.9 Å². The van der Waals surface area contributed by atoms with Crippen molar-refractivity contribution in [1.29, 1.82) is 0 Å². The SMILES string of the molecule is Cn1ccnc1CNC(=O)CCCC(=O)O. The monoisotopic (exact) mass is 225 g/mol. The fraction of sp³-hybridized carbons (Fsp3) is 0.500. The summed E-state index contributed by atoms with van der Waals surface area (Å²) in [6.45, 7) is 0.370. The normalized spacial score (nSPS) is 10.1. The van der Waals surface area contributed by atoms with Gasteiger partial charge in [-0.2, -0.15) is 0 Å². The average molecular weight is 225 g/mol. The third-order valence-corrected chi connectivity index (χ3v) is 2.16. The van der Waals surface area contributed by atoms with Gasteiger partial charge in [0, 0.05) is 32.3 Å². The summed E-state index contributed by atoms with van der Waals surface area (Å²) in [5.74, 6) is -0.257. The Balaban J connectivity index is 2.20. The van der Waals surface area contributed by atoms with Gasteiger partial charge < -0.3 is 15.0 Å². The number of carboxylic acid groups (broad SMARTS) is 1. The molecule has 0 aliphatic carbocycles. The molecule has 1 amide bonds. The van der Waals surface area contributed by atoms with Crippen LogP contribution in [0, 0.1) is 0 Å². The Labute approximate surface area is 93.3 Å². The number of carboxylic acids is 1. The fourth-order valence-electron chi connectivity index (χ4n) is 1.23. The van der Waals surface area contributed by atoms with Crippen molar-refractivity contribution in [3.05, 3.63) is 18.2 Å². The van der Waals surface area contributed by atoms with Crippen molar-refractivity contribution in [2.24, 2.45) is 7.05 Å². The third kappa shape index (κ3) is 4.12. The molecule has 0 spiro atoms. The number of hydrogen-bond acceptors (Lipinski definition) is 3. The summed E-state index contributed by atoms with van der Waals surface area (Å²) in [4.78, 5) is 25.6. The van der Waals surface area contributed by atoms with Crippen LogP contribution in [0.3, 0.4) is 0 Å². The molecule has 16 heavy (non-hydrogen) atoms. The lowest BCUT2D eigenvalue weighted by atomic mass is 10.2. The number of aliphatic carboxylic acids is 1. The van der Waals surface area contributed by atoms with Gasteiger partial charge in [0.05, 0.1) is 6.54 Å². The minimum absolute atomic E-state index is 0.0236. The fourth-order valence-corrected chi connectivity index (χ4v) is 1.23. The Kier molecular flexibility index (Phi) is 4.50. The largest absolute Gasteiger partial charge is 0.481 e. The van der Waals surface area contributed by atoms with E-state index in [0.29, 0.717) is 13.0 Å². The standard InChI is InChI=1S/C10H15N3O3/c1-13-6-5-11-8(13)7-12-9(14)3-2-4-10(15)16/h5-6H,2-4,7H2,1H3,(H,12,14)(H,15,16). The molecule has 0 aromatic carbocycles. The molecule has 0 atom stereocenters. The lowest BCUT2D eigenvalue weighted by Crippen LogP contribution is -2.24. The van der Waals surface area contributed by atoms with Crippen molar-refractivity contribution in [2.75, 3.05) is 0 Å². The summed E-state index contributed by atoms with van der Waals surface area (Å²) in [7, 11) is 1.85. The molecule has 6 heteroatoms. The van der Waals surface area contributed by atoms with Gasteiger partial charge in [0.25, 0.3) is 0 Å². The molecule has 0 radical (unpaired) electrons. The zero-order valence-corrected chi connectivity index (χ0v) is 9.14. The molecule has 0 fully saturated rings. The first-order valence-corrected chi connectivity index (χ1v) is 5.04. The molecule has 88 valence electrons. The second-order valence-electron chi connectivity index (χ2n) is 3.48. The van der Waals surface area contributed by atoms with Gasteiger partial charge in [-0.25, -0.2) is 4.98 Å². The quantitative estimate of drug-likeness (QED) is 0.728. The van der Waals surface area contributed by atoms with Crippen LogP contribution in [-0.2, 0) is 23.2 Å². The second-order valence-corrected chi connectivity index (χ2v) is 3.48. The van der Waals surface area contributed by atoms with E-state index in [4.69, 9.17) is 5.11 Å². The molecule has 0 aliphatic heterocycles. The maximum atomic E-state index is 11.3. The highest BCUT2D eigenvalue weighted by atomic mass is 16.4. The lowest BCUT2D eigenvalue weighted by Gasteiger charge is -2.04. The molecule has 0 unspecified atom stereocenters. The first-order chi connectivity index (χ1) is 7.59. The van der Waals surface area contributed by atoms with Crippen LogP contribution < -0.4 is 5.32 Å². The van der Waals surface area contributed by atoms with Gasteiger partial charge in [0.1, 0.15) is 5.82 Å². The molecule has 2 N–H and O–H groups in total.